The normalized spacial score (nSPS) is 23.2. The van der Waals surface area contributed by atoms with Crippen LogP contribution in [0.15, 0.2) is 30.3 Å². The van der Waals surface area contributed by atoms with Gasteiger partial charge in [-0.15, -0.1) is 0 Å². The summed E-state index contributed by atoms with van der Waals surface area (Å²) in [5, 5.41) is 9.62. The van der Waals surface area contributed by atoms with E-state index < -0.39 is 11.6 Å². The van der Waals surface area contributed by atoms with Crippen LogP contribution in [0.5, 0.6) is 0 Å². The highest BCUT2D eigenvalue weighted by molar-refractivity contribution is 5.83. The first-order valence-electron chi connectivity index (χ1n) is 7.32. The van der Waals surface area contributed by atoms with Crippen molar-refractivity contribution in [2.24, 2.45) is 5.41 Å². The van der Waals surface area contributed by atoms with Crippen molar-refractivity contribution in [1.29, 1.82) is 0 Å². The van der Waals surface area contributed by atoms with E-state index in [1.807, 2.05) is 51.1 Å². The molecule has 4 nitrogen and oxygen atoms in total. The van der Waals surface area contributed by atoms with Gasteiger partial charge in [0.2, 0.25) is 0 Å². The van der Waals surface area contributed by atoms with Crippen LogP contribution in [0.25, 0.3) is 0 Å². The summed E-state index contributed by atoms with van der Waals surface area (Å²) < 4.78 is 0. The van der Waals surface area contributed by atoms with Crippen molar-refractivity contribution >= 4 is 11.9 Å². The van der Waals surface area contributed by atoms with E-state index in [-0.39, 0.29) is 24.2 Å². The summed E-state index contributed by atoms with van der Waals surface area (Å²) in [6.07, 6.45) is 0.236. The lowest BCUT2D eigenvalue weighted by molar-refractivity contribution is -0.130. The van der Waals surface area contributed by atoms with Gasteiger partial charge < -0.3 is 10.0 Å². The van der Waals surface area contributed by atoms with E-state index in [1.165, 1.54) is 4.90 Å². The number of hydrogen-bond acceptors (Lipinski definition) is 2. The van der Waals surface area contributed by atoms with Gasteiger partial charge in [-0.25, -0.2) is 4.79 Å². The van der Waals surface area contributed by atoms with Crippen LogP contribution in [0, 0.1) is 5.41 Å². The minimum absolute atomic E-state index is 0.151. The van der Waals surface area contributed by atoms with Crippen molar-refractivity contribution in [3.05, 3.63) is 35.9 Å². The van der Waals surface area contributed by atoms with Gasteiger partial charge in [0.1, 0.15) is 5.78 Å². The molecule has 1 aromatic rings. The van der Waals surface area contributed by atoms with Crippen molar-refractivity contribution in [2.45, 2.75) is 45.6 Å². The molecule has 1 fully saturated rings. The van der Waals surface area contributed by atoms with Gasteiger partial charge in [0.25, 0.3) is 0 Å². The zero-order valence-electron chi connectivity index (χ0n) is 12.9. The number of carbonyl (C=O) groups is 2. The molecule has 0 bridgehead atoms. The van der Waals surface area contributed by atoms with Crippen LogP contribution in [0.3, 0.4) is 0 Å². The molecule has 1 aliphatic heterocycles. The summed E-state index contributed by atoms with van der Waals surface area (Å²) in [5.74, 6) is 0.151. The monoisotopic (exact) mass is 289 g/mol. The molecular weight excluding hydrogens is 266 g/mol. The third kappa shape index (κ3) is 2.94. The van der Waals surface area contributed by atoms with Crippen molar-refractivity contribution < 1.29 is 14.7 Å². The second kappa shape index (κ2) is 5.51. The summed E-state index contributed by atoms with van der Waals surface area (Å²) in [4.78, 5) is 25.3. The van der Waals surface area contributed by atoms with Gasteiger partial charge in [-0.3, -0.25) is 4.79 Å². The molecule has 1 saturated heterocycles. The highest BCUT2D eigenvalue weighted by Gasteiger charge is 2.52. The quantitative estimate of drug-likeness (QED) is 0.908. The number of amides is 1. The second-order valence-electron chi connectivity index (χ2n) is 6.84. The number of benzene rings is 1. The first kappa shape index (κ1) is 15.5. The third-order valence-electron chi connectivity index (χ3n) is 4.59. The fraction of sp³-hybridized carbons (Fsp3) is 0.529. The maximum atomic E-state index is 12.1. The minimum atomic E-state index is -0.937. The Labute approximate surface area is 125 Å². The molecule has 1 N–H and O–H groups in total. The van der Waals surface area contributed by atoms with Gasteiger partial charge in [-0.1, -0.05) is 51.1 Å². The maximum Gasteiger partial charge on any atom is 0.407 e. The molecule has 21 heavy (non-hydrogen) atoms. The fourth-order valence-electron chi connectivity index (χ4n) is 3.27. The van der Waals surface area contributed by atoms with Gasteiger partial charge in [0, 0.05) is 19.4 Å². The Balaban J connectivity index is 2.48. The Morgan fingerprint density at radius 1 is 1.29 bits per heavy atom. The molecule has 1 amide bonds. The van der Waals surface area contributed by atoms with Crippen LogP contribution >= 0.6 is 0 Å². The average molecular weight is 289 g/mol. The van der Waals surface area contributed by atoms with Crippen molar-refractivity contribution in [1.82, 2.24) is 4.90 Å². The Morgan fingerprint density at radius 3 is 2.43 bits per heavy atom. The topological polar surface area (TPSA) is 57.6 Å². The molecule has 0 radical (unpaired) electrons. The number of carboxylic acid groups (broad SMARTS) is 1. The summed E-state index contributed by atoms with van der Waals surface area (Å²) >= 11 is 0. The fourth-order valence-corrected chi connectivity index (χ4v) is 3.27. The van der Waals surface area contributed by atoms with Crippen LogP contribution in [0.2, 0.25) is 0 Å². The highest BCUT2D eigenvalue weighted by atomic mass is 16.4. The molecule has 0 aliphatic carbocycles. The molecule has 0 aromatic heterocycles. The van der Waals surface area contributed by atoms with Gasteiger partial charge in [-0.2, -0.15) is 0 Å². The van der Waals surface area contributed by atoms with E-state index in [0.29, 0.717) is 12.8 Å². The molecule has 1 aromatic carbocycles. The van der Waals surface area contributed by atoms with Crippen LogP contribution in [0.4, 0.5) is 4.79 Å². The van der Waals surface area contributed by atoms with E-state index in [0.717, 1.165) is 5.56 Å². The zero-order valence-corrected chi connectivity index (χ0v) is 12.9. The molecule has 0 spiro atoms. The third-order valence-corrected chi connectivity index (χ3v) is 4.59. The van der Waals surface area contributed by atoms with Crippen LogP contribution in [0.1, 0.15) is 39.2 Å². The summed E-state index contributed by atoms with van der Waals surface area (Å²) in [5.41, 5.74) is 0.0562. The van der Waals surface area contributed by atoms with Crippen molar-refractivity contribution in [3.8, 4) is 0 Å². The smallest absolute Gasteiger partial charge is 0.407 e. The molecule has 1 unspecified atom stereocenters. The number of carbonyl (C=O) groups excluding carboxylic acids is 1. The Hall–Kier alpha value is -1.84. The van der Waals surface area contributed by atoms with Crippen LogP contribution in [-0.2, 0) is 11.2 Å². The first-order chi connectivity index (χ1) is 9.76. The average Bonchev–Trinajstić information content (AvgIpc) is 2.38. The molecule has 114 valence electrons. The first-order valence-corrected chi connectivity index (χ1v) is 7.32. The maximum absolute atomic E-state index is 12.1. The molecule has 2 rings (SSSR count). The lowest BCUT2D eigenvalue weighted by atomic mass is 9.65. The van der Waals surface area contributed by atoms with E-state index >= 15 is 0 Å². The van der Waals surface area contributed by atoms with Gasteiger partial charge >= 0.3 is 6.09 Å². The largest absolute Gasteiger partial charge is 0.465 e. The predicted molar refractivity (Wildman–Crippen MR) is 81.3 cm³/mol. The number of rotatable bonds is 2. The molecule has 1 atom stereocenters. The number of nitrogens with zero attached hydrogens (tertiary/aromatic N) is 1. The number of hydrogen-bond donors (Lipinski definition) is 1. The zero-order chi connectivity index (χ0) is 15.7. The number of likely N-dealkylation sites (tertiary alicyclic amines) is 1. The van der Waals surface area contributed by atoms with Crippen LogP contribution < -0.4 is 0 Å². The molecular formula is C17H23NO3. The predicted octanol–water partition coefficient (Wildman–Crippen LogP) is 3.36. The molecule has 0 saturated carbocycles. The highest BCUT2D eigenvalue weighted by Crippen LogP contribution is 2.44. The molecule has 1 heterocycles. The number of Topliss-reactive ketones (excluding diaryl/α,β-unsaturated/α-hetero) is 1. The van der Waals surface area contributed by atoms with E-state index in [9.17, 15) is 14.7 Å². The van der Waals surface area contributed by atoms with E-state index in [2.05, 4.69) is 0 Å². The van der Waals surface area contributed by atoms with Gasteiger partial charge in [-0.05, 0) is 17.4 Å². The Kier molecular flexibility index (Phi) is 4.08. The summed E-state index contributed by atoms with van der Waals surface area (Å²) in [7, 11) is 0. The Bertz CT molecular complexity index is 533. The second-order valence-corrected chi connectivity index (χ2v) is 6.84. The van der Waals surface area contributed by atoms with Crippen molar-refractivity contribution in [2.75, 3.05) is 6.54 Å². The SMILES string of the molecule is CC(C)(C)C1(Cc2ccccc2)CC(=O)CCN1C(=O)O. The van der Waals surface area contributed by atoms with Crippen molar-refractivity contribution in [3.63, 3.8) is 0 Å². The lowest BCUT2D eigenvalue weighted by Gasteiger charge is -2.53. The van der Waals surface area contributed by atoms with Crippen LogP contribution in [-0.4, -0.2) is 34.0 Å². The summed E-state index contributed by atoms with van der Waals surface area (Å²) in [6, 6.07) is 9.82. The molecule has 4 heteroatoms. The lowest BCUT2D eigenvalue weighted by Crippen LogP contribution is -2.64. The minimum Gasteiger partial charge on any atom is -0.465 e. The molecule has 1 aliphatic rings. The van der Waals surface area contributed by atoms with E-state index in [1.54, 1.807) is 0 Å². The standard InChI is InChI=1S/C17H23NO3/c1-16(2,3)17(11-13-7-5-4-6-8-13)12-14(19)9-10-18(17)15(20)21/h4-8H,9-12H2,1-3H3,(H,20,21). The number of ketones is 1. The number of piperidine rings is 1. The van der Waals surface area contributed by atoms with E-state index in [4.69, 9.17) is 0 Å². The summed E-state index contributed by atoms with van der Waals surface area (Å²) in [6.45, 7) is 6.34. The van der Waals surface area contributed by atoms with Gasteiger partial charge in [0.05, 0.1) is 5.54 Å². The van der Waals surface area contributed by atoms with Gasteiger partial charge in [0.15, 0.2) is 0 Å². The Morgan fingerprint density at radius 2 is 1.90 bits per heavy atom.